The number of hydrogen-bond acceptors (Lipinski definition) is 4. The summed E-state index contributed by atoms with van der Waals surface area (Å²) in [5.74, 6) is 0.581. The van der Waals surface area contributed by atoms with Crippen molar-refractivity contribution in [2.75, 3.05) is 14.2 Å². The minimum Gasteiger partial charge on any atom is -0.497 e. The van der Waals surface area contributed by atoms with Crippen molar-refractivity contribution in [3.63, 3.8) is 0 Å². The lowest BCUT2D eigenvalue weighted by Crippen LogP contribution is -2.30. The maximum atomic E-state index is 13.0. The molecule has 4 rings (SSSR count). The number of ether oxygens (including phenoxy) is 2. The van der Waals surface area contributed by atoms with Crippen molar-refractivity contribution in [2.45, 2.75) is 6.54 Å². The lowest BCUT2D eigenvalue weighted by atomic mass is 10.0. The maximum absolute atomic E-state index is 13.0. The Balaban J connectivity index is 1.62. The monoisotopic (exact) mass is 373 g/mol. The number of nitrogens with zero attached hydrogens (tertiary/aromatic N) is 1. The first-order valence-corrected chi connectivity index (χ1v) is 8.88. The molecule has 0 saturated carbocycles. The van der Waals surface area contributed by atoms with Gasteiger partial charge in [-0.25, -0.2) is 0 Å². The predicted molar refractivity (Wildman–Crippen MR) is 107 cm³/mol. The van der Waals surface area contributed by atoms with Gasteiger partial charge in [-0.2, -0.15) is 0 Å². The molecule has 0 aliphatic carbocycles. The van der Waals surface area contributed by atoms with Crippen molar-refractivity contribution in [3.8, 4) is 11.5 Å². The molecule has 0 radical (unpaired) electrons. The number of methoxy groups -OCH3 is 2. The molecule has 5 heteroatoms. The number of hydrogen-bond donors (Lipinski definition) is 0. The number of benzene rings is 3. The van der Waals surface area contributed by atoms with Crippen LogP contribution in [0.5, 0.6) is 11.5 Å². The van der Waals surface area contributed by atoms with Crippen molar-refractivity contribution in [2.24, 2.45) is 0 Å². The van der Waals surface area contributed by atoms with E-state index in [9.17, 15) is 9.59 Å². The highest BCUT2D eigenvalue weighted by atomic mass is 16.5. The molecule has 1 aliphatic heterocycles. The second kappa shape index (κ2) is 7.19. The molecule has 0 fully saturated rings. The molecule has 5 nitrogen and oxygen atoms in total. The number of imide groups is 1. The summed E-state index contributed by atoms with van der Waals surface area (Å²) in [7, 11) is 3.12. The summed E-state index contributed by atoms with van der Waals surface area (Å²) >= 11 is 0. The SMILES string of the molecule is COc1ccc(CN2C(=O)C=C(c3ccc4ccccc4c3)C2=O)c(OC)c1. The number of fused-ring (bicyclic) bond motifs is 1. The Bertz CT molecular complexity index is 1120. The Morgan fingerprint density at radius 2 is 1.64 bits per heavy atom. The van der Waals surface area contributed by atoms with Crippen LogP contribution in [-0.4, -0.2) is 30.9 Å². The number of carbonyl (C=O) groups is 2. The maximum Gasteiger partial charge on any atom is 0.261 e. The Labute approximate surface area is 162 Å². The van der Waals surface area contributed by atoms with E-state index in [0.29, 0.717) is 17.1 Å². The Morgan fingerprint density at radius 3 is 2.39 bits per heavy atom. The standard InChI is InChI=1S/C23H19NO4/c1-27-19-10-9-18(21(12-19)28-2)14-24-22(25)13-20(23(24)26)17-8-7-15-5-3-4-6-16(15)11-17/h3-13H,14H2,1-2H3. The largest absolute Gasteiger partial charge is 0.497 e. The molecule has 1 aliphatic rings. The molecule has 1 heterocycles. The summed E-state index contributed by atoms with van der Waals surface area (Å²) in [5.41, 5.74) is 1.88. The molecule has 140 valence electrons. The number of rotatable bonds is 5. The number of amides is 2. The van der Waals surface area contributed by atoms with E-state index in [0.717, 1.165) is 21.9 Å². The van der Waals surface area contributed by atoms with Crippen molar-refractivity contribution >= 4 is 28.2 Å². The molecule has 0 aromatic heterocycles. The van der Waals surface area contributed by atoms with Gasteiger partial charge in [0.1, 0.15) is 11.5 Å². The van der Waals surface area contributed by atoms with Gasteiger partial charge in [0.25, 0.3) is 11.8 Å². The quantitative estimate of drug-likeness (QED) is 0.638. The van der Waals surface area contributed by atoms with Gasteiger partial charge < -0.3 is 9.47 Å². The minimum atomic E-state index is -0.328. The van der Waals surface area contributed by atoms with Crippen LogP contribution in [-0.2, 0) is 16.1 Å². The van der Waals surface area contributed by atoms with Gasteiger partial charge in [0.15, 0.2) is 0 Å². The van der Waals surface area contributed by atoms with Crippen molar-refractivity contribution < 1.29 is 19.1 Å². The van der Waals surface area contributed by atoms with Gasteiger partial charge in [-0.05, 0) is 34.5 Å². The first-order chi connectivity index (χ1) is 13.6. The van der Waals surface area contributed by atoms with Crippen LogP contribution in [0.4, 0.5) is 0 Å². The molecular weight excluding hydrogens is 354 g/mol. The molecule has 0 atom stereocenters. The van der Waals surface area contributed by atoms with Crippen LogP contribution < -0.4 is 9.47 Å². The van der Waals surface area contributed by atoms with E-state index in [1.807, 2.05) is 42.5 Å². The van der Waals surface area contributed by atoms with Crippen LogP contribution in [0.25, 0.3) is 16.3 Å². The van der Waals surface area contributed by atoms with E-state index in [1.54, 1.807) is 32.4 Å². The van der Waals surface area contributed by atoms with Gasteiger partial charge in [0.05, 0.1) is 26.3 Å². The lowest BCUT2D eigenvalue weighted by Gasteiger charge is -2.17. The van der Waals surface area contributed by atoms with Gasteiger partial charge in [-0.3, -0.25) is 14.5 Å². The topological polar surface area (TPSA) is 55.8 Å². The van der Waals surface area contributed by atoms with Crippen molar-refractivity contribution in [3.05, 3.63) is 77.9 Å². The van der Waals surface area contributed by atoms with E-state index < -0.39 is 0 Å². The van der Waals surface area contributed by atoms with E-state index in [4.69, 9.17) is 9.47 Å². The third-order valence-corrected chi connectivity index (χ3v) is 4.89. The molecule has 2 amide bonds. The van der Waals surface area contributed by atoms with Crippen LogP contribution in [0, 0.1) is 0 Å². The first kappa shape index (κ1) is 17.8. The minimum absolute atomic E-state index is 0.137. The van der Waals surface area contributed by atoms with Crippen LogP contribution in [0.3, 0.4) is 0 Å². The van der Waals surface area contributed by atoms with Crippen LogP contribution in [0.1, 0.15) is 11.1 Å². The van der Waals surface area contributed by atoms with E-state index in [2.05, 4.69) is 0 Å². The van der Waals surface area contributed by atoms with E-state index in [-0.39, 0.29) is 18.4 Å². The Morgan fingerprint density at radius 1 is 0.857 bits per heavy atom. The third kappa shape index (κ3) is 3.11. The second-order valence-electron chi connectivity index (χ2n) is 6.53. The van der Waals surface area contributed by atoms with Crippen LogP contribution in [0.15, 0.2) is 66.7 Å². The highest BCUT2D eigenvalue weighted by Gasteiger charge is 2.32. The Hall–Kier alpha value is -3.60. The van der Waals surface area contributed by atoms with Crippen LogP contribution in [0.2, 0.25) is 0 Å². The highest BCUT2D eigenvalue weighted by Crippen LogP contribution is 2.30. The molecule has 0 unspecified atom stereocenters. The fourth-order valence-electron chi connectivity index (χ4n) is 3.37. The summed E-state index contributed by atoms with van der Waals surface area (Å²) in [6.07, 6.45) is 1.41. The van der Waals surface area contributed by atoms with Crippen molar-refractivity contribution in [1.29, 1.82) is 0 Å². The molecular formula is C23H19NO4. The third-order valence-electron chi connectivity index (χ3n) is 4.89. The van der Waals surface area contributed by atoms with E-state index >= 15 is 0 Å². The molecule has 3 aromatic rings. The first-order valence-electron chi connectivity index (χ1n) is 8.88. The normalized spacial score (nSPS) is 13.8. The molecule has 0 bridgehead atoms. The smallest absolute Gasteiger partial charge is 0.261 e. The van der Waals surface area contributed by atoms with Gasteiger partial charge in [-0.15, -0.1) is 0 Å². The molecule has 0 saturated heterocycles. The van der Waals surface area contributed by atoms with Crippen molar-refractivity contribution in [1.82, 2.24) is 4.90 Å². The zero-order valence-corrected chi connectivity index (χ0v) is 15.6. The zero-order valence-electron chi connectivity index (χ0n) is 15.6. The second-order valence-corrected chi connectivity index (χ2v) is 6.53. The fraction of sp³-hybridized carbons (Fsp3) is 0.130. The average molecular weight is 373 g/mol. The van der Waals surface area contributed by atoms with Gasteiger partial charge >= 0.3 is 0 Å². The van der Waals surface area contributed by atoms with Gasteiger partial charge in [0, 0.05) is 17.7 Å². The molecule has 0 N–H and O–H groups in total. The average Bonchev–Trinajstić information content (AvgIpc) is 3.01. The fourth-order valence-corrected chi connectivity index (χ4v) is 3.37. The van der Waals surface area contributed by atoms with Gasteiger partial charge in [0.2, 0.25) is 0 Å². The summed E-state index contributed by atoms with van der Waals surface area (Å²) in [4.78, 5) is 26.7. The summed E-state index contributed by atoms with van der Waals surface area (Å²) in [6, 6.07) is 19.0. The summed E-state index contributed by atoms with van der Waals surface area (Å²) < 4.78 is 10.6. The zero-order chi connectivity index (χ0) is 19.7. The summed E-state index contributed by atoms with van der Waals surface area (Å²) in [5, 5.41) is 2.11. The lowest BCUT2D eigenvalue weighted by molar-refractivity contribution is -0.137. The van der Waals surface area contributed by atoms with Gasteiger partial charge in [-0.1, -0.05) is 36.4 Å². The molecule has 0 spiro atoms. The summed E-state index contributed by atoms with van der Waals surface area (Å²) in [6.45, 7) is 0.137. The molecule has 3 aromatic carbocycles. The Kier molecular flexibility index (Phi) is 4.57. The van der Waals surface area contributed by atoms with Crippen LogP contribution >= 0.6 is 0 Å². The highest BCUT2D eigenvalue weighted by molar-refractivity contribution is 6.33. The van der Waals surface area contributed by atoms with E-state index in [1.165, 1.54) is 11.0 Å². The molecule has 28 heavy (non-hydrogen) atoms. The number of carbonyl (C=O) groups excluding carboxylic acids is 2. The predicted octanol–water partition coefficient (Wildman–Crippen LogP) is 3.81.